The highest BCUT2D eigenvalue weighted by atomic mass is 32.1. The second-order valence-corrected chi connectivity index (χ2v) is 8.00. The van der Waals surface area contributed by atoms with Gasteiger partial charge in [-0.25, -0.2) is 9.78 Å². The Morgan fingerprint density at radius 3 is 2.39 bits per heavy atom. The monoisotopic (exact) mass is 483 g/mol. The standard InChI is InChI=1S/C19H29N7O6S/c20-15(27)4-3-12(19(31)32)24-17(29)13(6-10-7-21-9-23-10)25-18(30)14(8-33)26-16(28)11-2-1-5-22-11/h7,9,11-14,22,33H,1-6,8H2,(H2,20,27)(H,21,23)(H,24,29)(H,25,30)(H,26,28)(H,31,32). The fraction of sp³-hybridized carbons (Fsp3) is 0.579. The van der Waals surface area contributed by atoms with Crippen LogP contribution < -0.4 is 27.0 Å². The van der Waals surface area contributed by atoms with Crippen molar-refractivity contribution in [3.63, 3.8) is 0 Å². The van der Waals surface area contributed by atoms with Crippen molar-refractivity contribution in [1.29, 1.82) is 0 Å². The number of primary amides is 1. The number of aromatic amines is 1. The molecule has 182 valence electrons. The van der Waals surface area contributed by atoms with Gasteiger partial charge in [-0.15, -0.1) is 0 Å². The first-order valence-corrected chi connectivity index (χ1v) is 11.1. The highest BCUT2D eigenvalue weighted by Crippen LogP contribution is 2.07. The molecule has 1 aliphatic rings. The van der Waals surface area contributed by atoms with Crippen molar-refractivity contribution in [2.45, 2.75) is 56.3 Å². The van der Waals surface area contributed by atoms with Gasteiger partial charge < -0.3 is 37.1 Å². The zero-order valence-corrected chi connectivity index (χ0v) is 18.8. The molecule has 1 fully saturated rings. The third kappa shape index (κ3) is 8.38. The van der Waals surface area contributed by atoms with Gasteiger partial charge in [0.2, 0.25) is 23.6 Å². The molecule has 0 saturated carbocycles. The molecule has 2 rings (SSSR count). The number of carboxylic acids is 1. The summed E-state index contributed by atoms with van der Waals surface area (Å²) in [5.41, 5.74) is 5.58. The molecule has 4 atom stereocenters. The number of rotatable bonds is 13. The van der Waals surface area contributed by atoms with E-state index in [4.69, 9.17) is 5.73 Å². The van der Waals surface area contributed by atoms with Crippen LogP contribution in [0.1, 0.15) is 31.4 Å². The van der Waals surface area contributed by atoms with E-state index >= 15 is 0 Å². The molecule has 33 heavy (non-hydrogen) atoms. The Morgan fingerprint density at radius 1 is 1.15 bits per heavy atom. The number of hydrogen-bond donors (Lipinski definition) is 8. The van der Waals surface area contributed by atoms with Gasteiger partial charge in [-0.1, -0.05) is 0 Å². The molecule has 1 aromatic rings. The molecule has 1 aliphatic heterocycles. The highest BCUT2D eigenvalue weighted by molar-refractivity contribution is 7.80. The Balaban J connectivity index is 2.08. The summed E-state index contributed by atoms with van der Waals surface area (Å²) in [7, 11) is 0. The number of aromatic nitrogens is 2. The number of carbonyl (C=O) groups excluding carboxylic acids is 4. The predicted octanol–water partition coefficient (Wildman–Crippen LogP) is -2.56. The average Bonchev–Trinajstić information content (AvgIpc) is 3.48. The molecule has 1 aromatic heterocycles. The second kappa shape index (κ2) is 12.8. The topological polar surface area (TPSA) is 208 Å². The van der Waals surface area contributed by atoms with Crippen LogP contribution in [0.15, 0.2) is 12.5 Å². The summed E-state index contributed by atoms with van der Waals surface area (Å²) >= 11 is 4.13. The van der Waals surface area contributed by atoms with Crippen LogP contribution in [-0.4, -0.2) is 81.1 Å². The Hall–Kier alpha value is -3.13. The van der Waals surface area contributed by atoms with Gasteiger partial charge in [0.1, 0.15) is 18.1 Å². The van der Waals surface area contributed by atoms with Crippen molar-refractivity contribution in [3.05, 3.63) is 18.2 Å². The summed E-state index contributed by atoms with van der Waals surface area (Å²) in [5.74, 6) is -3.84. The highest BCUT2D eigenvalue weighted by Gasteiger charge is 2.31. The van der Waals surface area contributed by atoms with Gasteiger partial charge in [0.05, 0.1) is 12.4 Å². The van der Waals surface area contributed by atoms with Crippen molar-refractivity contribution in [1.82, 2.24) is 31.2 Å². The summed E-state index contributed by atoms with van der Waals surface area (Å²) in [4.78, 5) is 67.2. The molecule has 8 N–H and O–H groups in total. The number of nitrogens with zero attached hydrogens (tertiary/aromatic N) is 1. The van der Waals surface area contributed by atoms with E-state index in [9.17, 15) is 29.1 Å². The van der Waals surface area contributed by atoms with Crippen LogP contribution in [0.2, 0.25) is 0 Å². The van der Waals surface area contributed by atoms with E-state index in [0.717, 1.165) is 6.42 Å². The lowest BCUT2D eigenvalue weighted by Crippen LogP contribution is -2.58. The molecule has 1 saturated heterocycles. The maximum Gasteiger partial charge on any atom is 0.326 e. The zero-order chi connectivity index (χ0) is 24.4. The Bertz CT molecular complexity index is 844. The van der Waals surface area contributed by atoms with E-state index in [2.05, 4.69) is 43.9 Å². The number of amides is 4. The van der Waals surface area contributed by atoms with Crippen LogP contribution in [0.5, 0.6) is 0 Å². The molecule has 0 aromatic carbocycles. The maximum atomic E-state index is 12.9. The minimum atomic E-state index is -1.38. The first-order valence-electron chi connectivity index (χ1n) is 10.4. The molecule has 4 amide bonds. The first kappa shape index (κ1) is 26.1. The summed E-state index contributed by atoms with van der Waals surface area (Å²) < 4.78 is 0. The van der Waals surface area contributed by atoms with Gasteiger partial charge in [0.15, 0.2) is 0 Å². The fourth-order valence-electron chi connectivity index (χ4n) is 3.29. The van der Waals surface area contributed by atoms with Crippen LogP contribution >= 0.6 is 12.6 Å². The Morgan fingerprint density at radius 2 is 1.85 bits per heavy atom. The summed E-state index contributed by atoms with van der Waals surface area (Å²) in [6, 6.07) is -3.96. The van der Waals surface area contributed by atoms with Crippen molar-refractivity contribution in [2.75, 3.05) is 12.3 Å². The lowest BCUT2D eigenvalue weighted by molar-refractivity contribution is -0.142. The second-order valence-electron chi connectivity index (χ2n) is 7.64. The smallest absolute Gasteiger partial charge is 0.326 e. The van der Waals surface area contributed by atoms with E-state index in [1.165, 1.54) is 12.5 Å². The van der Waals surface area contributed by atoms with Gasteiger partial charge in [0.25, 0.3) is 0 Å². The number of carboxylic acid groups (broad SMARTS) is 1. The number of aliphatic carboxylic acids is 1. The Labute approximate surface area is 195 Å². The molecular weight excluding hydrogens is 454 g/mol. The minimum Gasteiger partial charge on any atom is -0.480 e. The molecule has 13 nitrogen and oxygen atoms in total. The van der Waals surface area contributed by atoms with Crippen molar-refractivity contribution in [2.24, 2.45) is 5.73 Å². The quantitative estimate of drug-likeness (QED) is 0.140. The van der Waals surface area contributed by atoms with Gasteiger partial charge in [-0.3, -0.25) is 19.2 Å². The first-order chi connectivity index (χ1) is 15.7. The third-order valence-corrected chi connectivity index (χ3v) is 5.46. The van der Waals surface area contributed by atoms with Crippen LogP contribution in [0.3, 0.4) is 0 Å². The molecule has 0 bridgehead atoms. The van der Waals surface area contributed by atoms with Crippen LogP contribution in [0, 0.1) is 0 Å². The molecule has 2 heterocycles. The van der Waals surface area contributed by atoms with Gasteiger partial charge in [0, 0.05) is 30.5 Å². The third-order valence-electron chi connectivity index (χ3n) is 5.10. The average molecular weight is 484 g/mol. The number of carbonyl (C=O) groups is 5. The van der Waals surface area contributed by atoms with E-state index in [1.807, 2.05) is 0 Å². The Kier molecular flexibility index (Phi) is 10.1. The molecule has 14 heteroatoms. The number of H-pyrrole nitrogens is 1. The van der Waals surface area contributed by atoms with E-state index in [0.29, 0.717) is 18.7 Å². The predicted molar refractivity (Wildman–Crippen MR) is 119 cm³/mol. The molecular formula is C19H29N7O6S. The number of nitrogens with two attached hydrogens (primary N) is 1. The summed E-state index contributed by atoms with van der Waals surface area (Å²) in [6.07, 6.45) is 3.89. The summed E-state index contributed by atoms with van der Waals surface area (Å²) in [6.45, 7) is 0.711. The van der Waals surface area contributed by atoms with Crippen LogP contribution in [0.25, 0.3) is 0 Å². The van der Waals surface area contributed by atoms with Crippen LogP contribution in [-0.2, 0) is 30.4 Å². The van der Waals surface area contributed by atoms with Crippen molar-refractivity contribution < 1.29 is 29.1 Å². The van der Waals surface area contributed by atoms with E-state index in [-0.39, 0.29) is 30.9 Å². The van der Waals surface area contributed by atoms with Gasteiger partial charge >= 0.3 is 5.97 Å². The van der Waals surface area contributed by atoms with Gasteiger partial charge in [-0.05, 0) is 25.8 Å². The maximum absolute atomic E-state index is 12.9. The SMILES string of the molecule is NC(=O)CCC(NC(=O)C(Cc1cnc[nH]1)NC(=O)C(CS)NC(=O)C1CCCN1)C(=O)O. The van der Waals surface area contributed by atoms with Crippen molar-refractivity contribution >= 4 is 42.2 Å². The lowest BCUT2D eigenvalue weighted by Gasteiger charge is -2.24. The van der Waals surface area contributed by atoms with Gasteiger partial charge in [-0.2, -0.15) is 12.6 Å². The molecule has 0 radical (unpaired) electrons. The number of thiol groups is 1. The van der Waals surface area contributed by atoms with Crippen LogP contribution in [0.4, 0.5) is 0 Å². The van der Waals surface area contributed by atoms with Crippen molar-refractivity contribution in [3.8, 4) is 0 Å². The largest absolute Gasteiger partial charge is 0.480 e. The molecule has 0 aliphatic carbocycles. The molecule has 0 spiro atoms. The fourth-order valence-corrected chi connectivity index (χ4v) is 3.55. The minimum absolute atomic E-state index is 0.0148. The normalized spacial score (nSPS) is 18.0. The van der Waals surface area contributed by atoms with E-state index < -0.39 is 47.9 Å². The number of nitrogens with one attached hydrogen (secondary N) is 5. The molecule has 4 unspecified atom stereocenters. The van der Waals surface area contributed by atoms with E-state index in [1.54, 1.807) is 0 Å². The lowest BCUT2D eigenvalue weighted by atomic mass is 10.1. The zero-order valence-electron chi connectivity index (χ0n) is 17.9. The number of hydrogen-bond acceptors (Lipinski definition) is 8. The number of imidazole rings is 1. The summed E-state index contributed by atoms with van der Waals surface area (Å²) in [5, 5.41) is 19.9.